The molecule has 1 fully saturated rings. The molecule has 0 unspecified atom stereocenters. The monoisotopic (exact) mass is 185 g/mol. The van der Waals surface area contributed by atoms with Crippen molar-refractivity contribution in [2.24, 2.45) is 0 Å². The fraction of sp³-hybridized carbons (Fsp3) is 0.889. The Balaban J connectivity index is 1.95. The Morgan fingerprint density at radius 3 is 2.62 bits per heavy atom. The van der Waals surface area contributed by atoms with E-state index < -0.39 is 0 Å². The van der Waals surface area contributed by atoms with Crippen LogP contribution >= 0.6 is 0 Å². The molecule has 0 aliphatic carbocycles. The van der Waals surface area contributed by atoms with Gasteiger partial charge in [-0.2, -0.15) is 0 Å². The van der Waals surface area contributed by atoms with Gasteiger partial charge in [0, 0.05) is 20.0 Å². The maximum absolute atomic E-state index is 10.5. The van der Waals surface area contributed by atoms with E-state index in [1.807, 2.05) is 0 Å². The molecule has 4 heteroatoms. The van der Waals surface area contributed by atoms with Crippen molar-refractivity contribution in [2.75, 3.05) is 26.2 Å². The van der Waals surface area contributed by atoms with Gasteiger partial charge in [-0.05, 0) is 25.9 Å². The molecule has 0 radical (unpaired) electrons. The van der Waals surface area contributed by atoms with E-state index in [9.17, 15) is 4.79 Å². The van der Waals surface area contributed by atoms with Crippen LogP contribution in [0, 0.1) is 0 Å². The lowest BCUT2D eigenvalue weighted by molar-refractivity contribution is -0.119. The highest BCUT2D eigenvalue weighted by Crippen LogP contribution is 2.06. The van der Waals surface area contributed by atoms with Gasteiger partial charge in [-0.25, -0.2) is 5.43 Å². The van der Waals surface area contributed by atoms with Crippen LogP contribution in [-0.2, 0) is 4.79 Å². The zero-order valence-corrected chi connectivity index (χ0v) is 8.31. The molecule has 4 nitrogen and oxygen atoms in total. The average Bonchev–Trinajstić information content (AvgIpc) is 2.14. The van der Waals surface area contributed by atoms with E-state index >= 15 is 0 Å². The Hall–Kier alpha value is -0.610. The Morgan fingerprint density at radius 1 is 1.31 bits per heavy atom. The van der Waals surface area contributed by atoms with Gasteiger partial charge in [0.25, 0.3) is 0 Å². The summed E-state index contributed by atoms with van der Waals surface area (Å²) in [5.74, 6) is -0.0290. The van der Waals surface area contributed by atoms with Gasteiger partial charge in [0.15, 0.2) is 0 Å². The summed E-state index contributed by atoms with van der Waals surface area (Å²) in [7, 11) is 0. The maximum atomic E-state index is 10.5. The number of carbonyl (C=O) groups is 1. The predicted molar refractivity (Wildman–Crippen MR) is 52.1 cm³/mol. The third kappa shape index (κ3) is 4.85. The summed E-state index contributed by atoms with van der Waals surface area (Å²) in [4.78, 5) is 12.9. The van der Waals surface area contributed by atoms with Gasteiger partial charge >= 0.3 is 0 Å². The van der Waals surface area contributed by atoms with Gasteiger partial charge in [-0.1, -0.05) is 6.42 Å². The van der Waals surface area contributed by atoms with Crippen LogP contribution in [0.4, 0.5) is 0 Å². The summed E-state index contributed by atoms with van der Waals surface area (Å²) in [6, 6.07) is 0. The molecule has 1 heterocycles. The first-order valence-electron chi connectivity index (χ1n) is 5.01. The van der Waals surface area contributed by atoms with Crippen LogP contribution in [-0.4, -0.2) is 37.0 Å². The van der Waals surface area contributed by atoms with Crippen molar-refractivity contribution in [3.63, 3.8) is 0 Å². The second kappa shape index (κ2) is 5.94. The number of carbonyl (C=O) groups excluding carboxylic acids is 1. The average molecular weight is 185 g/mol. The van der Waals surface area contributed by atoms with Crippen LogP contribution in [0.2, 0.25) is 0 Å². The second-order valence-electron chi connectivity index (χ2n) is 3.51. The predicted octanol–water partition coefficient (Wildman–Crippen LogP) is 0.113. The van der Waals surface area contributed by atoms with Crippen LogP contribution in [0.15, 0.2) is 0 Å². The molecule has 1 amide bonds. The van der Waals surface area contributed by atoms with Crippen LogP contribution in [0.5, 0.6) is 0 Å². The van der Waals surface area contributed by atoms with Crippen molar-refractivity contribution >= 4 is 5.91 Å². The molecule has 1 aliphatic rings. The number of hydrazine groups is 1. The Bertz CT molecular complexity index is 155. The number of hydrogen-bond acceptors (Lipinski definition) is 3. The molecule has 1 aliphatic heterocycles. The van der Waals surface area contributed by atoms with Gasteiger partial charge in [-0.15, -0.1) is 0 Å². The van der Waals surface area contributed by atoms with E-state index in [2.05, 4.69) is 15.8 Å². The minimum atomic E-state index is -0.0290. The lowest BCUT2D eigenvalue weighted by Crippen LogP contribution is -2.42. The van der Waals surface area contributed by atoms with Gasteiger partial charge in [0.2, 0.25) is 5.91 Å². The number of amides is 1. The zero-order chi connectivity index (χ0) is 9.52. The smallest absolute Gasteiger partial charge is 0.230 e. The Morgan fingerprint density at radius 2 is 2.00 bits per heavy atom. The van der Waals surface area contributed by atoms with Gasteiger partial charge in [0.1, 0.15) is 0 Å². The largest absolute Gasteiger partial charge is 0.302 e. The summed E-state index contributed by atoms with van der Waals surface area (Å²) >= 11 is 0. The standard InChI is InChI=1S/C9H19N3O/c1-9(13)11-10-5-8-12-6-3-2-4-7-12/h10H,2-8H2,1H3,(H,11,13). The molecule has 1 saturated heterocycles. The number of nitrogens with zero attached hydrogens (tertiary/aromatic N) is 1. The van der Waals surface area contributed by atoms with Gasteiger partial charge in [0.05, 0.1) is 0 Å². The lowest BCUT2D eigenvalue weighted by atomic mass is 10.1. The van der Waals surface area contributed by atoms with E-state index in [0.29, 0.717) is 0 Å². The molecule has 13 heavy (non-hydrogen) atoms. The maximum Gasteiger partial charge on any atom is 0.230 e. The van der Waals surface area contributed by atoms with Crippen molar-refractivity contribution in [1.82, 2.24) is 15.8 Å². The number of rotatable bonds is 4. The Labute approximate surface area is 79.6 Å². The molecule has 76 valence electrons. The fourth-order valence-electron chi connectivity index (χ4n) is 1.58. The number of likely N-dealkylation sites (tertiary alicyclic amines) is 1. The highest BCUT2D eigenvalue weighted by molar-refractivity contribution is 5.72. The molecule has 0 aromatic rings. The number of piperidine rings is 1. The fourth-order valence-corrected chi connectivity index (χ4v) is 1.58. The van der Waals surface area contributed by atoms with Crippen molar-refractivity contribution in [1.29, 1.82) is 0 Å². The number of nitrogens with one attached hydrogen (secondary N) is 2. The first-order valence-corrected chi connectivity index (χ1v) is 5.01. The summed E-state index contributed by atoms with van der Waals surface area (Å²) in [5, 5.41) is 0. The topological polar surface area (TPSA) is 44.4 Å². The van der Waals surface area contributed by atoms with E-state index in [0.717, 1.165) is 13.1 Å². The van der Waals surface area contributed by atoms with Gasteiger partial charge < -0.3 is 4.90 Å². The quantitative estimate of drug-likeness (QED) is 0.483. The van der Waals surface area contributed by atoms with Gasteiger partial charge in [-0.3, -0.25) is 10.2 Å². The third-order valence-electron chi connectivity index (χ3n) is 2.27. The van der Waals surface area contributed by atoms with E-state index in [1.165, 1.54) is 39.3 Å². The van der Waals surface area contributed by atoms with Crippen LogP contribution in [0.25, 0.3) is 0 Å². The highest BCUT2D eigenvalue weighted by atomic mass is 16.2. The Kier molecular flexibility index (Phi) is 4.78. The molecule has 0 aromatic heterocycles. The first-order chi connectivity index (χ1) is 6.29. The van der Waals surface area contributed by atoms with Crippen molar-refractivity contribution in [2.45, 2.75) is 26.2 Å². The van der Waals surface area contributed by atoms with E-state index in [-0.39, 0.29) is 5.91 Å². The molecule has 0 bridgehead atoms. The molecular weight excluding hydrogens is 166 g/mol. The highest BCUT2D eigenvalue weighted by Gasteiger charge is 2.08. The summed E-state index contributed by atoms with van der Waals surface area (Å²) in [5.41, 5.74) is 5.46. The lowest BCUT2D eigenvalue weighted by Gasteiger charge is -2.26. The van der Waals surface area contributed by atoms with Crippen LogP contribution < -0.4 is 10.9 Å². The zero-order valence-electron chi connectivity index (χ0n) is 8.31. The summed E-state index contributed by atoms with van der Waals surface area (Å²) < 4.78 is 0. The number of hydrogen-bond donors (Lipinski definition) is 2. The summed E-state index contributed by atoms with van der Waals surface area (Å²) in [6.45, 7) is 5.79. The molecule has 0 saturated carbocycles. The second-order valence-corrected chi connectivity index (χ2v) is 3.51. The molecular formula is C9H19N3O. The molecule has 0 aromatic carbocycles. The van der Waals surface area contributed by atoms with E-state index in [1.54, 1.807) is 0 Å². The normalized spacial score (nSPS) is 18.5. The van der Waals surface area contributed by atoms with Crippen molar-refractivity contribution in [3.8, 4) is 0 Å². The SMILES string of the molecule is CC(=O)NNCCN1CCCCC1. The van der Waals surface area contributed by atoms with Crippen LogP contribution in [0.1, 0.15) is 26.2 Å². The van der Waals surface area contributed by atoms with Crippen LogP contribution in [0.3, 0.4) is 0 Å². The summed E-state index contributed by atoms with van der Waals surface area (Å²) in [6.07, 6.45) is 4.01. The minimum absolute atomic E-state index is 0.0290. The first kappa shape index (κ1) is 10.5. The third-order valence-corrected chi connectivity index (χ3v) is 2.27. The van der Waals surface area contributed by atoms with Crippen molar-refractivity contribution in [3.05, 3.63) is 0 Å². The van der Waals surface area contributed by atoms with Crippen molar-refractivity contribution < 1.29 is 4.79 Å². The minimum Gasteiger partial charge on any atom is -0.302 e. The van der Waals surface area contributed by atoms with E-state index in [4.69, 9.17) is 0 Å². The molecule has 1 rings (SSSR count). The molecule has 0 spiro atoms. The molecule has 2 N–H and O–H groups in total. The molecule has 0 atom stereocenters.